The molecule has 1 aromatic carbocycles. The summed E-state index contributed by atoms with van der Waals surface area (Å²) in [6.07, 6.45) is 5.84. The zero-order valence-corrected chi connectivity index (χ0v) is 13.4. The van der Waals surface area contributed by atoms with Crippen molar-refractivity contribution in [2.24, 2.45) is 11.7 Å². The predicted molar refractivity (Wildman–Crippen MR) is 88.7 cm³/mol. The highest BCUT2D eigenvalue weighted by Gasteiger charge is 2.26. The molecule has 0 unspecified atom stereocenters. The van der Waals surface area contributed by atoms with E-state index in [1.54, 1.807) is 6.07 Å². The van der Waals surface area contributed by atoms with Gasteiger partial charge in [-0.15, -0.1) is 0 Å². The normalized spacial score (nSPS) is 23.5. The highest BCUT2D eigenvalue weighted by molar-refractivity contribution is 5.94. The van der Waals surface area contributed by atoms with Crippen LogP contribution in [0.1, 0.15) is 54.4 Å². The van der Waals surface area contributed by atoms with E-state index < -0.39 is 0 Å². The minimum absolute atomic E-state index is 0.0300. The van der Waals surface area contributed by atoms with E-state index >= 15 is 0 Å². The van der Waals surface area contributed by atoms with Gasteiger partial charge in [-0.25, -0.2) is 0 Å². The van der Waals surface area contributed by atoms with Crippen molar-refractivity contribution in [2.45, 2.75) is 57.2 Å². The summed E-state index contributed by atoms with van der Waals surface area (Å²) in [6, 6.07) is 7.95. The van der Waals surface area contributed by atoms with Gasteiger partial charge in [-0.3, -0.25) is 9.59 Å². The molecule has 0 spiro atoms. The average molecular weight is 315 g/mol. The lowest BCUT2D eigenvalue weighted by molar-refractivity contribution is -0.122. The van der Waals surface area contributed by atoms with Gasteiger partial charge in [-0.1, -0.05) is 18.6 Å². The summed E-state index contributed by atoms with van der Waals surface area (Å²) >= 11 is 0. The smallest absolute Gasteiger partial charge is 0.251 e. The standard InChI is InChI=1S/C18H25N3O2/c19-16-6-2-4-13(16)10-17(22)20-11-12-3-1-5-14(9-12)18(23)21-15-7-8-15/h1,3,5,9,13,15-16H,2,4,6-8,10-11,19H2,(H,20,22)(H,21,23)/t13-,16+/m0/s1. The molecular formula is C18H25N3O2. The maximum Gasteiger partial charge on any atom is 0.251 e. The van der Waals surface area contributed by atoms with Gasteiger partial charge in [0.15, 0.2) is 0 Å². The second-order valence-electron chi connectivity index (χ2n) is 6.78. The van der Waals surface area contributed by atoms with Gasteiger partial charge in [0.1, 0.15) is 0 Å². The van der Waals surface area contributed by atoms with Gasteiger partial charge in [0, 0.05) is 30.6 Å². The fraction of sp³-hybridized carbons (Fsp3) is 0.556. The molecule has 0 aromatic heterocycles. The Hall–Kier alpha value is -1.88. The molecular weight excluding hydrogens is 290 g/mol. The van der Waals surface area contributed by atoms with Crippen molar-refractivity contribution < 1.29 is 9.59 Å². The van der Waals surface area contributed by atoms with Crippen molar-refractivity contribution in [2.75, 3.05) is 0 Å². The highest BCUT2D eigenvalue weighted by atomic mass is 16.2. The third-order valence-corrected chi connectivity index (χ3v) is 4.76. The maximum absolute atomic E-state index is 12.0. The Morgan fingerprint density at radius 3 is 2.70 bits per heavy atom. The van der Waals surface area contributed by atoms with Crippen LogP contribution in [0.15, 0.2) is 24.3 Å². The van der Waals surface area contributed by atoms with Crippen LogP contribution in [-0.2, 0) is 11.3 Å². The molecule has 1 aromatic rings. The van der Waals surface area contributed by atoms with Crippen LogP contribution >= 0.6 is 0 Å². The van der Waals surface area contributed by atoms with Gasteiger partial charge in [0.25, 0.3) is 5.91 Å². The first-order valence-corrected chi connectivity index (χ1v) is 8.54. The summed E-state index contributed by atoms with van der Waals surface area (Å²) in [5.41, 5.74) is 7.60. The van der Waals surface area contributed by atoms with Crippen molar-refractivity contribution in [3.63, 3.8) is 0 Å². The Balaban J connectivity index is 1.49. The first-order valence-electron chi connectivity index (χ1n) is 8.54. The first-order chi connectivity index (χ1) is 11.1. The topological polar surface area (TPSA) is 84.2 Å². The van der Waals surface area contributed by atoms with Gasteiger partial charge in [-0.2, -0.15) is 0 Å². The Bertz CT molecular complexity index is 583. The molecule has 2 aliphatic carbocycles. The second-order valence-corrected chi connectivity index (χ2v) is 6.78. The van der Waals surface area contributed by atoms with Crippen molar-refractivity contribution in [1.29, 1.82) is 0 Å². The van der Waals surface area contributed by atoms with E-state index in [2.05, 4.69) is 10.6 Å². The quantitative estimate of drug-likeness (QED) is 0.747. The monoisotopic (exact) mass is 315 g/mol. The van der Waals surface area contributed by atoms with Crippen LogP contribution in [0.3, 0.4) is 0 Å². The number of carbonyl (C=O) groups excluding carboxylic acids is 2. The second kappa shape index (κ2) is 7.13. The maximum atomic E-state index is 12.0. The minimum Gasteiger partial charge on any atom is -0.352 e. The molecule has 4 N–H and O–H groups in total. The third-order valence-electron chi connectivity index (χ3n) is 4.76. The van der Waals surface area contributed by atoms with Crippen LogP contribution < -0.4 is 16.4 Å². The molecule has 2 saturated carbocycles. The van der Waals surface area contributed by atoms with Crippen LogP contribution in [0.2, 0.25) is 0 Å². The van der Waals surface area contributed by atoms with E-state index in [-0.39, 0.29) is 17.9 Å². The molecule has 5 nitrogen and oxygen atoms in total. The summed E-state index contributed by atoms with van der Waals surface area (Å²) in [5.74, 6) is 0.323. The van der Waals surface area contributed by atoms with E-state index in [0.29, 0.717) is 30.5 Å². The molecule has 3 rings (SSSR count). The average Bonchev–Trinajstić information content (AvgIpc) is 3.27. The summed E-state index contributed by atoms with van der Waals surface area (Å²) < 4.78 is 0. The number of nitrogens with two attached hydrogens (primary N) is 1. The van der Waals surface area contributed by atoms with Crippen LogP contribution in [0, 0.1) is 5.92 Å². The van der Waals surface area contributed by atoms with Crippen molar-refractivity contribution in [1.82, 2.24) is 10.6 Å². The molecule has 2 aliphatic rings. The van der Waals surface area contributed by atoms with Gasteiger partial charge >= 0.3 is 0 Å². The number of hydrogen-bond acceptors (Lipinski definition) is 3. The van der Waals surface area contributed by atoms with E-state index in [1.807, 2.05) is 18.2 Å². The molecule has 5 heteroatoms. The Labute approximate surface area is 137 Å². The predicted octanol–water partition coefficient (Wildman–Crippen LogP) is 1.71. The number of hydrogen-bond donors (Lipinski definition) is 3. The largest absolute Gasteiger partial charge is 0.352 e. The molecule has 0 radical (unpaired) electrons. The molecule has 0 heterocycles. The summed E-state index contributed by atoms with van der Waals surface area (Å²) in [7, 11) is 0. The van der Waals surface area contributed by atoms with E-state index in [9.17, 15) is 9.59 Å². The first kappa shape index (κ1) is 16.0. The third kappa shape index (κ3) is 4.55. The molecule has 2 fully saturated rings. The fourth-order valence-electron chi connectivity index (χ4n) is 3.15. The zero-order chi connectivity index (χ0) is 16.2. The Morgan fingerprint density at radius 1 is 1.17 bits per heavy atom. The van der Waals surface area contributed by atoms with Crippen molar-refractivity contribution >= 4 is 11.8 Å². The number of nitrogens with one attached hydrogen (secondary N) is 2. The lowest BCUT2D eigenvalue weighted by Gasteiger charge is -2.15. The zero-order valence-electron chi connectivity index (χ0n) is 13.4. The van der Waals surface area contributed by atoms with Gasteiger partial charge < -0.3 is 16.4 Å². The molecule has 23 heavy (non-hydrogen) atoms. The number of benzene rings is 1. The summed E-state index contributed by atoms with van der Waals surface area (Å²) in [5, 5.41) is 5.91. The Kier molecular flexibility index (Phi) is 4.96. The lowest BCUT2D eigenvalue weighted by atomic mass is 10.00. The van der Waals surface area contributed by atoms with Crippen molar-refractivity contribution in [3.05, 3.63) is 35.4 Å². The van der Waals surface area contributed by atoms with Crippen LogP contribution in [0.25, 0.3) is 0 Å². The lowest BCUT2D eigenvalue weighted by Crippen LogP contribution is -2.31. The molecule has 124 valence electrons. The van der Waals surface area contributed by atoms with Crippen molar-refractivity contribution in [3.8, 4) is 0 Å². The van der Waals surface area contributed by atoms with Gasteiger partial charge in [0.05, 0.1) is 0 Å². The molecule has 0 aliphatic heterocycles. The molecule has 0 saturated heterocycles. The summed E-state index contributed by atoms with van der Waals surface area (Å²) in [4.78, 5) is 24.1. The van der Waals surface area contributed by atoms with E-state index in [1.165, 1.54) is 0 Å². The van der Waals surface area contributed by atoms with Crippen LogP contribution in [0.4, 0.5) is 0 Å². The molecule has 2 amide bonds. The van der Waals surface area contributed by atoms with Crippen LogP contribution in [-0.4, -0.2) is 23.9 Å². The number of amides is 2. The number of carbonyl (C=O) groups is 2. The fourth-order valence-corrected chi connectivity index (χ4v) is 3.15. The Morgan fingerprint density at radius 2 is 2.00 bits per heavy atom. The minimum atomic E-state index is -0.0300. The van der Waals surface area contributed by atoms with Crippen LogP contribution in [0.5, 0.6) is 0 Å². The number of rotatable bonds is 6. The molecule has 0 bridgehead atoms. The van der Waals surface area contributed by atoms with E-state index in [4.69, 9.17) is 5.73 Å². The summed E-state index contributed by atoms with van der Waals surface area (Å²) in [6.45, 7) is 0.450. The SMILES string of the molecule is N[C@@H]1CCC[C@H]1CC(=O)NCc1cccc(C(=O)NC2CC2)c1. The van der Waals surface area contributed by atoms with Gasteiger partial charge in [0.2, 0.25) is 5.91 Å². The highest BCUT2D eigenvalue weighted by Crippen LogP contribution is 2.26. The van der Waals surface area contributed by atoms with Gasteiger partial charge in [-0.05, 0) is 49.3 Å². The molecule has 2 atom stereocenters. The van der Waals surface area contributed by atoms with E-state index in [0.717, 1.165) is 37.7 Å².